The van der Waals surface area contributed by atoms with E-state index in [1.807, 2.05) is 66.7 Å². The second-order valence-corrected chi connectivity index (χ2v) is 8.39. The Labute approximate surface area is 193 Å². The van der Waals surface area contributed by atoms with E-state index in [9.17, 15) is 9.59 Å². The summed E-state index contributed by atoms with van der Waals surface area (Å²) in [6, 6.07) is 25.6. The van der Waals surface area contributed by atoms with Gasteiger partial charge in [-0.3, -0.25) is 14.5 Å². The van der Waals surface area contributed by atoms with Crippen LogP contribution in [-0.4, -0.2) is 41.8 Å². The number of methoxy groups -OCH3 is 1. The number of rotatable bonds is 6. The van der Waals surface area contributed by atoms with Crippen molar-refractivity contribution in [2.75, 3.05) is 20.2 Å². The molecule has 0 N–H and O–H groups in total. The summed E-state index contributed by atoms with van der Waals surface area (Å²) in [5.41, 5.74) is 5.39. The van der Waals surface area contributed by atoms with E-state index in [0.29, 0.717) is 37.3 Å². The van der Waals surface area contributed by atoms with Crippen molar-refractivity contribution in [2.45, 2.75) is 19.4 Å². The maximum atomic E-state index is 13.6. The largest absolute Gasteiger partial charge is 0.497 e. The average Bonchev–Trinajstić information content (AvgIpc) is 3.12. The van der Waals surface area contributed by atoms with Gasteiger partial charge in [-0.2, -0.15) is 0 Å². The first-order valence-corrected chi connectivity index (χ1v) is 11.3. The Bertz CT molecular complexity index is 1220. The lowest BCUT2D eigenvalue weighted by Gasteiger charge is -2.31. The van der Waals surface area contributed by atoms with Crippen LogP contribution in [0.3, 0.4) is 0 Å². The zero-order valence-corrected chi connectivity index (χ0v) is 18.7. The van der Waals surface area contributed by atoms with Gasteiger partial charge in [0.1, 0.15) is 11.4 Å². The predicted octanol–water partition coefficient (Wildman–Crippen LogP) is 4.08. The Balaban J connectivity index is 1.44. The van der Waals surface area contributed by atoms with Crippen LogP contribution in [0, 0.1) is 0 Å². The fourth-order valence-corrected chi connectivity index (χ4v) is 4.64. The first-order valence-electron chi connectivity index (χ1n) is 11.3. The number of amides is 2. The molecular formula is C28H26N2O3. The molecule has 0 atom stereocenters. The molecule has 3 aromatic rings. The highest BCUT2D eigenvalue weighted by Gasteiger charge is 2.41. The lowest BCUT2D eigenvalue weighted by molar-refractivity contribution is -0.137. The van der Waals surface area contributed by atoms with Gasteiger partial charge in [0.05, 0.1) is 12.7 Å². The molecule has 2 heterocycles. The molecule has 2 amide bonds. The van der Waals surface area contributed by atoms with E-state index in [1.54, 1.807) is 7.11 Å². The summed E-state index contributed by atoms with van der Waals surface area (Å²) in [6.07, 6.45) is 1.45. The molecule has 2 aliphatic rings. The average molecular weight is 439 g/mol. The fraction of sp³-hybridized carbons (Fsp3) is 0.214. The molecular weight excluding hydrogens is 412 g/mol. The summed E-state index contributed by atoms with van der Waals surface area (Å²) < 4.78 is 5.22. The smallest absolute Gasteiger partial charge is 0.277 e. The topological polar surface area (TPSA) is 49.9 Å². The van der Waals surface area contributed by atoms with E-state index in [0.717, 1.165) is 23.3 Å². The Kier molecular flexibility index (Phi) is 5.69. The highest BCUT2D eigenvalue weighted by atomic mass is 16.5. The minimum Gasteiger partial charge on any atom is -0.497 e. The van der Waals surface area contributed by atoms with Crippen molar-refractivity contribution < 1.29 is 14.3 Å². The summed E-state index contributed by atoms with van der Waals surface area (Å²) in [5.74, 6) is 0.369. The minimum absolute atomic E-state index is 0.202. The second kappa shape index (κ2) is 8.94. The quantitative estimate of drug-likeness (QED) is 0.545. The number of ether oxygens (including phenoxy) is 1. The fourth-order valence-electron chi connectivity index (χ4n) is 4.64. The number of imide groups is 1. The van der Waals surface area contributed by atoms with Crippen LogP contribution in [0.5, 0.6) is 5.75 Å². The molecule has 0 saturated carbocycles. The summed E-state index contributed by atoms with van der Waals surface area (Å²) in [4.78, 5) is 30.6. The number of benzene rings is 3. The van der Waals surface area contributed by atoms with Gasteiger partial charge >= 0.3 is 0 Å². The van der Waals surface area contributed by atoms with Crippen molar-refractivity contribution >= 4 is 17.4 Å². The van der Waals surface area contributed by atoms with E-state index in [2.05, 4.69) is 17.0 Å². The van der Waals surface area contributed by atoms with Gasteiger partial charge in [0.25, 0.3) is 11.8 Å². The SMILES string of the molecule is COc1ccc(CCN2C(=O)C(c3ccccc3)=C(N3CCc4ccccc4C3)C2=O)cc1. The van der Waals surface area contributed by atoms with Gasteiger partial charge in [-0.05, 0) is 47.2 Å². The van der Waals surface area contributed by atoms with Crippen molar-refractivity contribution in [2.24, 2.45) is 0 Å². The molecule has 0 radical (unpaired) electrons. The monoisotopic (exact) mass is 438 g/mol. The van der Waals surface area contributed by atoms with Crippen molar-refractivity contribution in [3.8, 4) is 5.75 Å². The minimum atomic E-state index is -0.214. The molecule has 2 aliphatic heterocycles. The molecule has 0 fully saturated rings. The summed E-state index contributed by atoms with van der Waals surface area (Å²) in [5, 5.41) is 0. The predicted molar refractivity (Wildman–Crippen MR) is 127 cm³/mol. The standard InChI is InChI=1S/C28H26N2O3/c1-33-24-13-11-20(12-14-24)15-18-30-27(31)25(22-8-3-2-4-9-22)26(28(30)32)29-17-16-21-7-5-6-10-23(21)19-29/h2-14H,15-19H2,1H3. The molecule has 0 spiro atoms. The Hall–Kier alpha value is -3.86. The molecule has 5 nitrogen and oxygen atoms in total. The lowest BCUT2D eigenvalue weighted by atomic mass is 9.98. The van der Waals surface area contributed by atoms with Crippen molar-refractivity contribution in [1.82, 2.24) is 9.80 Å². The number of carbonyl (C=O) groups excluding carboxylic acids is 2. The maximum absolute atomic E-state index is 13.6. The molecule has 5 heteroatoms. The number of nitrogens with zero attached hydrogens (tertiary/aromatic N) is 2. The third kappa shape index (κ3) is 4.02. The Morgan fingerprint density at radius 1 is 0.818 bits per heavy atom. The molecule has 0 bridgehead atoms. The number of hydrogen-bond donors (Lipinski definition) is 0. The van der Waals surface area contributed by atoms with Crippen LogP contribution < -0.4 is 4.74 Å². The van der Waals surface area contributed by atoms with Crippen molar-refractivity contribution in [3.05, 3.63) is 107 Å². The first kappa shape index (κ1) is 21.0. The Morgan fingerprint density at radius 2 is 1.52 bits per heavy atom. The molecule has 0 aliphatic carbocycles. The van der Waals surface area contributed by atoms with E-state index >= 15 is 0 Å². The van der Waals surface area contributed by atoms with E-state index in [1.165, 1.54) is 16.0 Å². The van der Waals surface area contributed by atoms with Gasteiger partial charge in [0.15, 0.2) is 0 Å². The van der Waals surface area contributed by atoms with Crippen LogP contribution in [0.2, 0.25) is 0 Å². The van der Waals surface area contributed by atoms with Crippen molar-refractivity contribution in [3.63, 3.8) is 0 Å². The maximum Gasteiger partial charge on any atom is 0.277 e. The summed E-state index contributed by atoms with van der Waals surface area (Å²) in [6.45, 7) is 1.69. The van der Waals surface area contributed by atoms with Gasteiger partial charge in [0, 0.05) is 19.6 Å². The molecule has 0 aromatic heterocycles. The van der Waals surface area contributed by atoms with Gasteiger partial charge in [-0.15, -0.1) is 0 Å². The van der Waals surface area contributed by atoms with Gasteiger partial charge in [0.2, 0.25) is 0 Å². The van der Waals surface area contributed by atoms with Crippen LogP contribution in [-0.2, 0) is 29.0 Å². The van der Waals surface area contributed by atoms with Crippen LogP contribution >= 0.6 is 0 Å². The van der Waals surface area contributed by atoms with E-state index < -0.39 is 0 Å². The van der Waals surface area contributed by atoms with Gasteiger partial charge in [-0.25, -0.2) is 0 Å². The van der Waals surface area contributed by atoms with E-state index in [4.69, 9.17) is 4.74 Å². The summed E-state index contributed by atoms with van der Waals surface area (Å²) >= 11 is 0. The summed E-state index contributed by atoms with van der Waals surface area (Å²) in [7, 11) is 1.63. The highest BCUT2D eigenvalue weighted by Crippen LogP contribution is 2.34. The number of carbonyl (C=O) groups is 2. The third-order valence-corrected chi connectivity index (χ3v) is 6.44. The molecule has 0 saturated heterocycles. The van der Waals surface area contributed by atoms with Gasteiger partial charge < -0.3 is 9.64 Å². The Morgan fingerprint density at radius 3 is 2.24 bits per heavy atom. The zero-order valence-electron chi connectivity index (χ0n) is 18.7. The van der Waals surface area contributed by atoms with Crippen LogP contribution in [0.1, 0.15) is 22.3 Å². The number of fused-ring (bicyclic) bond motifs is 1. The van der Waals surface area contributed by atoms with Crippen molar-refractivity contribution in [1.29, 1.82) is 0 Å². The molecule has 5 rings (SSSR count). The zero-order chi connectivity index (χ0) is 22.8. The molecule has 33 heavy (non-hydrogen) atoms. The van der Waals surface area contributed by atoms with E-state index in [-0.39, 0.29) is 11.8 Å². The molecule has 3 aromatic carbocycles. The number of hydrogen-bond acceptors (Lipinski definition) is 4. The second-order valence-electron chi connectivity index (χ2n) is 8.39. The first-order chi connectivity index (χ1) is 16.2. The van der Waals surface area contributed by atoms with Crippen LogP contribution in [0.15, 0.2) is 84.6 Å². The molecule has 0 unspecified atom stereocenters. The highest BCUT2D eigenvalue weighted by molar-refractivity contribution is 6.35. The van der Waals surface area contributed by atoms with Crippen LogP contribution in [0.4, 0.5) is 0 Å². The third-order valence-electron chi connectivity index (χ3n) is 6.44. The van der Waals surface area contributed by atoms with Gasteiger partial charge in [-0.1, -0.05) is 66.7 Å². The normalized spacial score (nSPS) is 15.8. The molecule has 166 valence electrons. The van der Waals surface area contributed by atoms with Crippen LogP contribution in [0.25, 0.3) is 5.57 Å². The lowest BCUT2D eigenvalue weighted by Crippen LogP contribution is -2.38.